The molecule has 3 rings (SSSR count). The fourth-order valence-electron chi connectivity index (χ4n) is 3.66. The van der Waals surface area contributed by atoms with Crippen molar-refractivity contribution in [1.29, 1.82) is 0 Å². The Morgan fingerprint density at radius 3 is 2.43 bits per heavy atom. The molecule has 0 spiro atoms. The predicted molar refractivity (Wildman–Crippen MR) is 106 cm³/mol. The molecule has 1 aliphatic heterocycles. The van der Waals surface area contributed by atoms with Crippen LogP contribution in [0.15, 0.2) is 30.1 Å². The summed E-state index contributed by atoms with van der Waals surface area (Å²) in [6.45, 7) is 4.17. The van der Waals surface area contributed by atoms with Crippen LogP contribution in [0.3, 0.4) is 0 Å². The van der Waals surface area contributed by atoms with Crippen LogP contribution in [0.5, 0.6) is 0 Å². The Balaban J connectivity index is 1.54. The number of carbonyl (C=O) groups is 3. The number of aromatic nitrogens is 1. The monoisotopic (exact) mass is 384 g/mol. The Labute approximate surface area is 165 Å². The summed E-state index contributed by atoms with van der Waals surface area (Å²) in [5.74, 6) is -0.339. The number of hydrogen-bond acceptors (Lipinski definition) is 4. The van der Waals surface area contributed by atoms with E-state index in [0.29, 0.717) is 43.9 Å². The van der Waals surface area contributed by atoms with Crippen molar-refractivity contribution in [3.63, 3.8) is 0 Å². The van der Waals surface area contributed by atoms with Crippen molar-refractivity contribution in [2.24, 2.45) is 0 Å². The average molecular weight is 384 g/mol. The summed E-state index contributed by atoms with van der Waals surface area (Å²) in [4.78, 5) is 44.1. The number of pyridine rings is 1. The van der Waals surface area contributed by atoms with Crippen molar-refractivity contribution in [3.05, 3.63) is 41.2 Å². The van der Waals surface area contributed by atoms with Gasteiger partial charge in [-0.1, -0.05) is 11.6 Å². The first-order valence-corrected chi connectivity index (χ1v) is 10.0. The maximum absolute atomic E-state index is 12.7. The molecular formula is C21H28N4O3. The van der Waals surface area contributed by atoms with E-state index in [4.69, 9.17) is 0 Å². The third-order valence-corrected chi connectivity index (χ3v) is 5.38. The van der Waals surface area contributed by atoms with Gasteiger partial charge in [-0.15, -0.1) is 0 Å². The molecule has 1 fully saturated rings. The second-order valence-corrected chi connectivity index (χ2v) is 7.37. The maximum atomic E-state index is 12.7. The molecule has 0 saturated carbocycles. The van der Waals surface area contributed by atoms with Crippen molar-refractivity contribution < 1.29 is 14.4 Å². The molecule has 2 aliphatic rings. The van der Waals surface area contributed by atoms with E-state index < -0.39 is 0 Å². The number of allylic oxidation sites excluding steroid dienone is 1. The molecule has 150 valence electrons. The normalized spacial score (nSPS) is 17.1. The van der Waals surface area contributed by atoms with E-state index in [1.54, 1.807) is 15.9 Å². The molecule has 1 aromatic heterocycles. The molecule has 1 aromatic rings. The zero-order valence-corrected chi connectivity index (χ0v) is 16.4. The summed E-state index contributed by atoms with van der Waals surface area (Å²) in [6.07, 6.45) is 10.9. The van der Waals surface area contributed by atoms with Gasteiger partial charge in [0.2, 0.25) is 5.91 Å². The minimum absolute atomic E-state index is 0.0245. The van der Waals surface area contributed by atoms with Gasteiger partial charge in [0, 0.05) is 52.0 Å². The van der Waals surface area contributed by atoms with Crippen LogP contribution in [-0.2, 0) is 4.79 Å². The van der Waals surface area contributed by atoms with Crippen molar-refractivity contribution in [2.75, 3.05) is 32.7 Å². The SMILES string of the molecule is CC(=O)N1CCN(C(=O)c2cncc(C(=O)NCCC3=CCCCC3)c2)CC1. The van der Waals surface area contributed by atoms with E-state index in [0.717, 1.165) is 19.3 Å². The number of rotatable bonds is 5. The number of nitrogens with zero attached hydrogens (tertiary/aromatic N) is 3. The van der Waals surface area contributed by atoms with Crippen molar-refractivity contribution >= 4 is 17.7 Å². The maximum Gasteiger partial charge on any atom is 0.255 e. The quantitative estimate of drug-likeness (QED) is 0.787. The Morgan fingerprint density at radius 2 is 1.75 bits per heavy atom. The van der Waals surface area contributed by atoms with Gasteiger partial charge in [0.25, 0.3) is 11.8 Å². The predicted octanol–water partition coefficient (Wildman–Crippen LogP) is 2.01. The number of piperazine rings is 1. The third kappa shape index (κ3) is 5.18. The highest BCUT2D eigenvalue weighted by molar-refractivity contribution is 5.99. The van der Waals surface area contributed by atoms with Gasteiger partial charge in [-0.2, -0.15) is 0 Å². The molecule has 0 bridgehead atoms. The molecule has 1 N–H and O–H groups in total. The Kier molecular flexibility index (Phi) is 6.79. The Morgan fingerprint density at radius 1 is 1.04 bits per heavy atom. The highest BCUT2D eigenvalue weighted by atomic mass is 16.2. The summed E-state index contributed by atoms with van der Waals surface area (Å²) in [5.41, 5.74) is 2.21. The first kappa shape index (κ1) is 20.0. The molecule has 7 nitrogen and oxygen atoms in total. The van der Waals surface area contributed by atoms with Gasteiger partial charge >= 0.3 is 0 Å². The molecule has 0 radical (unpaired) electrons. The van der Waals surface area contributed by atoms with Crippen LogP contribution in [-0.4, -0.2) is 65.2 Å². The number of amides is 3. The van der Waals surface area contributed by atoms with Gasteiger partial charge in [0.05, 0.1) is 11.1 Å². The molecule has 1 saturated heterocycles. The zero-order valence-electron chi connectivity index (χ0n) is 16.4. The minimum Gasteiger partial charge on any atom is -0.352 e. The summed E-state index contributed by atoms with van der Waals surface area (Å²) < 4.78 is 0. The lowest BCUT2D eigenvalue weighted by Crippen LogP contribution is -2.50. The Bertz CT molecular complexity index is 767. The second-order valence-electron chi connectivity index (χ2n) is 7.37. The standard InChI is InChI=1S/C21H28N4O3/c1-16(26)24-9-11-25(12-10-24)21(28)19-13-18(14-22-15-19)20(27)23-8-7-17-5-3-2-4-6-17/h5,13-15H,2-4,6-12H2,1H3,(H,23,27). The highest BCUT2D eigenvalue weighted by Crippen LogP contribution is 2.19. The average Bonchev–Trinajstić information content (AvgIpc) is 2.74. The van der Waals surface area contributed by atoms with Gasteiger partial charge in [0.1, 0.15) is 0 Å². The molecule has 1 aliphatic carbocycles. The van der Waals surface area contributed by atoms with E-state index >= 15 is 0 Å². The van der Waals surface area contributed by atoms with Gasteiger partial charge in [-0.3, -0.25) is 19.4 Å². The van der Waals surface area contributed by atoms with Gasteiger partial charge in [-0.25, -0.2) is 0 Å². The molecule has 0 unspecified atom stereocenters. The molecule has 28 heavy (non-hydrogen) atoms. The van der Waals surface area contributed by atoms with E-state index in [9.17, 15) is 14.4 Å². The summed E-state index contributed by atoms with van der Waals surface area (Å²) in [7, 11) is 0. The fourth-order valence-corrected chi connectivity index (χ4v) is 3.66. The lowest BCUT2D eigenvalue weighted by atomic mass is 9.97. The van der Waals surface area contributed by atoms with Crippen LogP contribution in [0.1, 0.15) is 59.7 Å². The van der Waals surface area contributed by atoms with E-state index in [1.165, 1.54) is 37.7 Å². The van der Waals surface area contributed by atoms with Crippen LogP contribution in [0.25, 0.3) is 0 Å². The smallest absolute Gasteiger partial charge is 0.255 e. The first-order valence-electron chi connectivity index (χ1n) is 10.0. The van der Waals surface area contributed by atoms with Crippen LogP contribution in [0, 0.1) is 0 Å². The number of nitrogens with one attached hydrogen (secondary N) is 1. The van der Waals surface area contributed by atoms with Crippen LogP contribution < -0.4 is 5.32 Å². The first-order chi connectivity index (χ1) is 13.5. The van der Waals surface area contributed by atoms with Crippen LogP contribution in [0.2, 0.25) is 0 Å². The van der Waals surface area contributed by atoms with Gasteiger partial charge < -0.3 is 15.1 Å². The van der Waals surface area contributed by atoms with Crippen LogP contribution >= 0.6 is 0 Å². The lowest BCUT2D eigenvalue weighted by molar-refractivity contribution is -0.130. The largest absolute Gasteiger partial charge is 0.352 e. The van der Waals surface area contributed by atoms with E-state index in [-0.39, 0.29) is 17.7 Å². The molecule has 7 heteroatoms. The zero-order chi connectivity index (χ0) is 19.9. The van der Waals surface area contributed by atoms with E-state index in [1.807, 2.05) is 0 Å². The molecule has 0 atom stereocenters. The third-order valence-electron chi connectivity index (χ3n) is 5.38. The van der Waals surface area contributed by atoms with Crippen LogP contribution in [0.4, 0.5) is 0 Å². The summed E-state index contributed by atoms with van der Waals surface area (Å²) in [6, 6.07) is 1.60. The summed E-state index contributed by atoms with van der Waals surface area (Å²) >= 11 is 0. The Hall–Kier alpha value is -2.70. The molecule has 0 aromatic carbocycles. The fraction of sp³-hybridized carbons (Fsp3) is 0.524. The van der Waals surface area contributed by atoms with Crippen molar-refractivity contribution in [2.45, 2.75) is 39.0 Å². The molecule has 3 amide bonds. The molecule has 2 heterocycles. The summed E-state index contributed by atoms with van der Waals surface area (Å²) in [5, 5.41) is 2.92. The van der Waals surface area contributed by atoms with Gasteiger partial charge in [0.15, 0.2) is 0 Å². The number of hydrogen-bond donors (Lipinski definition) is 1. The molecular weight excluding hydrogens is 356 g/mol. The lowest BCUT2D eigenvalue weighted by Gasteiger charge is -2.34. The van der Waals surface area contributed by atoms with Gasteiger partial charge in [-0.05, 0) is 38.2 Å². The topological polar surface area (TPSA) is 82.6 Å². The van der Waals surface area contributed by atoms with E-state index in [2.05, 4.69) is 16.4 Å². The van der Waals surface area contributed by atoms with Crippen molar-refractivity contribution in [1.82, 2.24) is 20.1 Å². The van der Waals surface area contributed by atoms with Crippen molar-refractivity contribution in [3.8, 4) is 0 Å². The highest BCUT2D eigenvalue weighted by Gasteiger charge is 2.24. The second kappa shape index (κ2) is 9.48. The minimum atomic E-state index is -0.208. The number of carbonyl (C=O) groups excluding carboxylic acids is 3.